The first kappa shape index (κ1) is 15.3. The summed E-state index contributed by atoms with van der Waals surface area (Å²) in [5.41, 5.74) is 7.60. The average molecular weight is 309 g/mol. The minimum absolute atomic E-state index is 0.0780. The summed E-state index contributed by atoms with van der Waals surface area (Å²) in [5, 5.41) is 2.92. The van der Waals surface area contributed by atoms with Gasteiger partial charge in [0.15, 0.2) is 0 Å². The van der Waals surface area contributed by atoms with Crippen molar-refractivity contribution in [1.82, 2.24) is 4.72 Å². The lowest BCUT2D eigenvalue weighted by Gasteiger charge is -2.12. The molecule has 0 amide bonds. The van der Waals surface area contributed by atoms with Crippen molar-refractivity contribution in [2.45, 2.75) is 11.8 Å². The van der Waals surface area contributed by atoms with Crippen LogP contribution in [0.5, 0.6) is 0 Å². The highest BCUT2D eigenvalue weighted by Crippen LogP contribution is 2.27. The minimum atomic E-state index is -3.56. The molecule has 0 aliphatic rings. The molecular weight excluding hydrogens is 293 g/mol. The molecule has 0 aromatic heterocycles. The van der Waals surface area contributed by atoms with Crippen molar-refractivity contribution in [1.29, 1.82) is 0 Å². The first-order chi connectivity index (χ1) is 9.83. The van der Waals surface area contributed by atoms with Gasteiger partial charge in [0.25, 0.3) is 0 Å². The molecule has 112 valence electrons. The largest absolute Gasteiger partial charge is 0.397 e. The van der Waals surface area contributed by atoms with Gasteiger partial charge < -0.3 is 11.1 Å². The van der Waals surface area contributed by atoms with E-state index in [0.717, 1.165) is 0 Å². The zero-order valence-electron chi connectivity index (χ0n) is 11.6. The van der Waals surface area contributed by atoms with E-state index >= 15 is 0 Å². The highest BCUT2D eigenvalue weighted by Gasteiger charge is 2.13. The van der Waals surface area contributed by atoms with Gasteiger partial charge in [-0.2, -0.15) is 0 Å². The Morgan fingerprint density at radius 1 is 1.14 bits per heavy atom. The lowest BCUT2D eigenvalue weighted by molar-refractivity contribution is 0.588. The maximum atomic E-state index is 13.5. The maximum Gasteiger partial charge on any atom is 0.240 e. The van der Waals surface area contributed by atoms with Crippen molar-refractivity contribution in [3.63, 3.8) is 0 Å². The fourth-order valence-corrected chi connectivity index (χ4v) is 2.51. The van der Waals surface area contributed by atoms with Crippen LogP contribution in [0.4, 0.5) is 21.5 Å². The van der Waals surface area contributed by atoms with Crippen molar-refractivity contribution >= 4 is 27.1 Å². The van der Waals surface area contributed by atoms with E-state index in [0.29, 0.717) is 22.6 Å². The molecule has 0 heterocycles. The van der Waals surface area contributed by atoms with Crippen LogP contribution in [-0.2, 0) is 10.0 Å². The predicted octanol–water partition coefficient (Wildman–Crippen LogP) is 2.37. The van der Waals surface area contributed by atoms with E-state index in [1.807, 2.05) is 0 Å². The van der Waals surface area contributed by atoms with Crippen LogP contribution >= 0.6 is 0 Å². The Balaban J connectivity index is 2.39. The third-order valence-electron chi connectivity index (χ3n) is 3.05. The van der Waals surface area contributed by atoms with Gasteiger partial charge >= 0.3 is 0 Å². The minimum Gasteiger partial charge on any atom is -0.397 e. The second-order valence-corrected chi connectivity index (χ2v) is 6.43. The smallest absolute Gasteiger partial charge is 0.240 e. The fourth-order valence-electron chi connectivity index (χ4n) is 1.75. The normalized spacial score (nSPS) is 11.4. The lowest BCUT2D eigenvalue weighted by atomic mass is 10.2. The van der Waals surface area contributed by atoms with Gasteiger partial charge in [-0.25, -0.2) is 17.5 Å². The molecule has 2 aromatic rings. The SMILES string of the molecule is CNS(=O)(=O)c1ccc(N)c(Nc2ccc(C)c(F)c2)c1. The number of aryl methyl sites for hydroxylation is 1. The molecule has 0 radical (unpaired) electrons. The molecule has 2 aromatic carbocycles. The fraction of sp³-hybridized carbons (Fsp3) is 0.143. The van der Waals surface area contributed by atoms with Crippen molar-refractivity contribution in [3.05, 3.63) is 47.8 Å². The summed E-state index contributed by atoms with van der Waals surface area (Å²) in [5.74, 6) is -0.349. The summed E-state index contributed by atoms with van der Waals surface area (Å²) in [7, 11) is -2.24. The van der Waals surface area contributed by atoms with E-state index in [1.165, 1.54) is 31.3 Å². The Labute approximate surface area is 123 Å². The summed E-state index contributed by atoms with van der Waals surface area (Å²) in [4.78, 5) is 0.0780. The van der Waals surface area contributed by atoms with Gasteiger partial charge in [0, 0.05) is 5.69 Å². The van der Waals surface area contributed by atoms with Gasteiger partial charge in [-0.15, -0.1) is 0 Å². The molecule has 0 saturated carbocycles. The van der Waals surface area contributed by atoms with Crippen LogP contribution in [0.25, 0.3) is 0 Å². The van der Waals surface area contributed by atoms with Gasteiger partial charge in [0.2, 0.25) is 10.0 Å². The highest BCUT2D eigenvalue weighted by molar-refractivity contribution is 7.89. The molecule has 5 nitrogen and oxygen atoms in total. The summed E-state index contributed by atoms with van der Waals surface area (Å²) < 4.78 is 39.3. The van der Waals surface area contributed by atoms with Crippen LogP contribution in [-0.4, -0.2) is 15.5 Å². The molecule has 0 atom stereocenters. The molecule has 0 saturated heterocycles. The first-order valence-corrected chi connectivity index (χ1v) is 7.68. The molecule has 2 rings (SSSR count). The number of sulfonamides is 1. The third kappa shape index (κ3) is 3.32. The van der Waals surface area contributed by atoms with Gasteiger partial charge in [0.1, 0.15) is 5.82 Å². The highest BCUT2D eigenvalue weighted by atomic mass is 32.2. The van der Waals surface area contributed by atoms with Gasteiger partial charge in [-0.3, -0.25) is 0 Å². The maximum absolute atomic E-state index is 13.5. The Bertz CT molecular complexity index is 776. The van der Waals surface area contributed by atoms with Crippen molar-refractivity contribution in [3.8, 4) is 0 Å². The summed E-state index contributed by atoms with van der Waals surface area (Å²) in [6.07, 6.45) is 0. The zero-order chi connectivity index (χ0) is 15.6. The standard InChI is InChI=1S/C14H16FN3O2S/c1-9-3-4-10(7-12(9)15)18-14-8-11(5-6-13(14)16)21(19,20)17-2/h3-8,17-18H,16H2,1-2H3. The number of halogens is 1. The first-order valence-electron chi connectivity index (χ1n) is 6.20. The summed E-state index contributed by atoms with van der Waals surface area (Å²) >= 11 is 0. The van der Waals surface area contributed by atoms with E-state index < -0.39 is 10.0 Å². The second kappa shape index (κ2) is 5.71. The van der Waals surface area contributed by atoms with Crippen LogP contribution < -0.4 is 15.8 Å². The summed E-state index contributed by atoms with van der Waals surface area (Å²) in [6, 6.07) is 8.94. The number of anilines is 3. The van der Waals surface area contributed by atoms with Crippen LogP contribution in [0.1, 0.15) is 5.56 Å². The molecule has 0 aliphatic heterocycles. The van der Waals surface area contributed by atoms with Crippen LogP contribution in [0.2, 0.25) is 0 Å². The van der Waals surface area contributed by atoms with Gasteiger partial charge in [-0.05, 0) is 49.9 Å². The Kier molecular flexibility index (Phi) is 4.15. The molecule has 0 aliphatic carbocycles. The Morgan fingerprint density at radius 3 is 2.48 bits per heavy atom. The number of nitrogens with one attached hydrogen (secondary N) is 2. The number of benzene rings is 2. The number of hydrogen-bond acceptors (Lipinski definition) is 4. The molecule has 0 spiro atoms. The van der Waals surface area contributed by atoms with Crippen LogP contribution in [0, 0.1) is 12.7 Å². The molecule has 7 heteroatoms. The number of nitrogens with two attached hydrogens (primary N) is 1. The topological polar surface area (TPSA) is 84.2 Å². The second-order valence-electron chi connectivity index (χ2n) is 4.55. The van der Waals surface area contributed by atoms with Gasteiger partial charge in [-0.1, -0.05) is 6.07 Å². The Hall–Kier alpha value is -2.12. The predicted molar refractivity (Wildman–Crippen MR) is 81.5 cm³/mol. The third-order valence-corrected chi connectivity index (χ3v) is 4.47. The van der Waals surface area contributed by atoms with E-state index in [9.17, 15) is 12.8 Å². The number of rotatable bonds is 4. The molecule has 21 heavy (non-hydrogen) atoms. The quantitative estimate of drug-likeness (QED) is 0.757. The van der Waals surface area contributed by atoms with Crippen molar-refractivity contribution < 1.29 is 12.8 Å². The molecular formula is C14H16FN3O2S. The molecule has 0 fully saturated rings. The monoisotopic (exact) mass is 309 g/mol. The molecule has 4 N–H and O–H groups in total. The molecule has 0 unspecified atom stereocenters. The zero-order valence-corrected chi connectivity index (χ0v) is 12.5. The van der Waals surface area contributed by atoms with E-state index in [1.54, 1.807) is 19.1 Å². The van der Waals surface area contributed by atoms with E-state index in [2.05, 4.69) is 10.0 Å². The van der Waals surface area contributed by atoms with Crippen LogP contribution in [0.3, 0.4) is 0 Å². The average Bonchev–Trinajstić information content (AvgIpc) is 2.45. The molecule has 0 bridgehead atoms. The van der Waals surface area contributed by atoms with Gasteiger partial charge in [0.05, 0.1) is 16.3 Å². The van der Waals surface area contributed by atoms with E-state index in [-0.39, 0.29) is 10.7 Å². The van der Waals surface area contributed by atoms with Crippen LogP contribution in [0.15, 0.2) is 41.3 Å². The number of nitrogen functional groups attached to an aromatic ring is 1. The lowest BCUT2D eigenvalue weighted by Crippen LogP contribution is -2.18. The number of hydrogen-bond donors (Lipinski definition) is 3. The Morgan fingerprint density at radius 2 is 1.86 bits per heavy atom. The van der Waals surface area contributed by atoms with E-state index in [4.69, 9.17) is 5.73 Å². The summed E-state index contributed by atoms with van der Waals surface area (Å²) in [6.45, 7) is 1.66. The van der Waals surface area contributed by atoms with Crippen molar-refractivity contribution in [2.75, 3.05) is 18.1 Å². The van der Waals surface area contributed by atoms with Crippen molar-refractivity contribution in [2.24, 2.45) is 0 Å².